The highest BCUT2D eigenvalue weighted by Gasteiger charge is 2.11. The molecule has 0 aliphatic heterocycles. The zero-order valence-corrected chi connectivity index (χ0v) is 11.3. The highest BCUT2D eigenvalue weighted by Crippen LogP contribution is 2.26. The number of hydrogen-bond donors (Lipinski definition) is 1. The van der Waals surface area contributed by atoms with Gasteiger partial charge in [0.2, 0.25) is 0 Å². The molecule has 0 aliphatic carbocycles. The third-order valence-electron chi connectivity index (χ3n) is 2.98. The van der Waals surface area contributed by atoms with Crippen molar-refractivity contribution in [1.82, 2.24) is 14.6 Å². The van der Waals surface area contributed by atoms with Crippen LogP contribution in [0.5, 0.6) is 0 Å². The van der Waals surface area contributed by atoms with Gasteiger partial charge >= 0.3 is 0 Å². The second-order valence-electron chi connectivity index (χ2n) is 4.12. The Bertz CT molecular complexity index is 733. The topological polar surface area (TPSA) is 56.2 Å². The van der Waals surface area contributed by atoms with Gasteiger partial charge in [-0.3, -0.25) is 4.40 Å². The average Bonchev–Trinajstić information content (AvgIpc) is 2.75. The third-order valence-corrected chi connectivity index (χ3v) is 3.45. The van der Waals surface area contributed by atoms with Crippen LogP contribution < -0.4 is 5.73 Å². The number of nitrogen functional groups attached to an aromatic ring is 1. The Hall–Kier alpha value is -1.88. The van der Waals surface area contributed by atoms with E-state index in [1.54, 1.807) is 0 Å². The lowest BCUT2D eigenvalue weighted by Crippen LogP contribution is -1.95. The van der Waals surface area contributed by atoms with E-state index in [9.17, 15) is 0 Å². The number of hydrogen-bond acceptors (Lipinski definition) is 3. The number of nitrogens with zero attached hydrogens (tertiary/aromatic N) is 3. The lowest BCUT2D eigenvalue weighted by atomic mass is 10.1. The third kappa shape index (κ3) is 1.67. The first-order chi connectivity index (χ1) is 8.66. The summed E-state index contributed by atoms with van der Waals surface area (Å²) < 4.78 is 2.93. The highest BCUT2D eigenvalue weighted by molar-refractivity contribution is 9.10. The van der Waals surface area contributed by atoms with Gasteiger partial charge in [0.1, 0.15) is 0 Å². The van der Waals surface area contributed by atoms with Crippen LogP contribution in [0.3, 0.4) is 0 Å². The van der Waals surface area contributed by atoms with Crippen molar-refractivity contribution in [2.45, 2.75) is 6.92 Å². The molecular formula is C13H11BrN4. The van der Waals surface area contributed by atoms with Crippen molar-refractivity contribution in [1.29, 1.82) is 0 Å². The zero-order valence-electron chi connectivity index (χ0n) is 9.76. The summed E-state index contributed by atoms with van der Waals surface area (Å²) in [5, 5.41) is 8.40. The summed E-state index contributed by atoms with van der Waals surface area (Å²) in [5.41, 5.74) is 9.53. The first-order valence-electron chi connectivity index (χ1n) is 5.52. The van der Waals surface area contributed by atoms with Crippen LogP contribution in [0.25, 0.3) is 17.0 Å². The molecule has 0 amide bonds. The minimum Gasteiger partial charge on any atom is -0.398 e. The summed E-state index contributed by atoms with van der Waals surface area (Å²) in [4.78, 5) is 0. The monoisotopic (exact) mass is 302 g/mol. The maximum atomic E-state index is 5.93. The van der Waals surface area contributed by atoms with E-state index >= 15 is 0 Å². The average molecular weight is 303 g/mol. The van der Waals surface area contributed by atoms with Gasteiger partial charge in [0, 0.05) is 21.9 Å². The quantitative estimate of drug-likeness (QED) is 0.703. The maximum absolute atomic E-state index is 5.93. The van der Waals surface area contributed by atoms with Crippen molar-refractivity contribution in [2.75, 3.05) is 5.73 Å². The van der Waals surface area contributed by atoms with Crippen molar-refractivity contribution in [3.63, 3.8) is 0 Å². The number of aromatic nitrogens is 3. The van der Waals surface area contributed by atoms with E-state index in [4.69, 9.17) is 5.73 Å². The molecule has 1 aromatic carbocycles. The number of nitrogens with two attached hydrogens (primary N) is 1. The minimum atomic E-state index is 0.763. The van der Waals surface area contributed by atoms with E-state index in [1.807, 2.05) is 47.9 Å². The number of rotatable bonds is 1. The molecule has 0 atom stereocenters. The van der Waals surface area contributed by atoms with E-state index in [2.05, 4.69) is 26.1 Å². The van der Waals surface area contributed by atoms with Crippen molar-refractivity contribution < 1.29 is 0 Å². The number of benzene rings is 1. The van der Waals surface area contributed by atoms with E-state index in [0.717, 1.165) is 32.8 Å². The second-order valence-corrected chi connectivity index (χ2v) is 5.03. The maximum Gasteiger partial charge on any atom is 0.168 e. The van der Waals surface area contributed by atoms with Crippen molar-refractivity contribution in [2.24, 2.45) is 0 Å². The number of fused-ring (bicyclic) bond motifs is 1. The van der Waals surface area contributed by atoms with Gasteiger partial charge in [-0.15, -0.1) is 10.2 Å². The van der Waals surface area contributed by atoms with Gasteiger partial charge < -0.3 is 5.73 Å². The van der Waals surface area contributed by atoms with Gasteiger partial charge in [-0.1, -0.05) is 12.1 Å². The summed E-state index contributed by atoms with van der Waals surface area (Å²) >= 11 is 3.46. The molecule has 0 saturated carbocycles. The number of pyridine rings is 1. The normalized spacial score (nSPS) is 11.0. The molecule has 0 unspecified atom stereocenters. The lowest BCUT2D eigenvalue weighted by Gasteiger charge is -2.06. The first-order valence-corrected chi connectivity index (χ1v) is 6.32. The van der Waals surface area contributed by atoms with Crippen LogP contribution in [-0.2, 0) is 0 Å². The Kier molecular flexibility index (Phi) is 2.56. The highest BCUT2D eigenvalue weighted by atomic mass is 79.9. The molecule has 3 rings (SSSR count). The molecule has 0 spiro atoms. The smallest absolute Gasteiger partial charge is 0.168 e. The summed E-state index contributed by atoms with van der Waals surface area (Å²) in [6, 6.07) is 9.68. The van der Waals surface area contributed by atoms with Gasteiger partial charge in [-0.05, 0) is 46.6 Å². The lowest BCUT2D eigenvalue weighted by molar-refractivity contribution is 1.11. The van der Waals surface area contributed by atoms with Gasteiger partial charge in [-0.25, -0.2) is 0 Å². The van der Waals surface area contributed by atoms with Gasteiger partial charge in [0.05, 0.1) is 0 Å². The Morgan fingerprint density at radius 2 is 2.00 bits per heavy atom. The molecule has 0 radical (unpaired) electrons. The SMILES string of the molecule is Cc1c(N)cccc1-c1nnc2ccc(Br)cn12. The molecule has 0 fully saturated rings. The molecule has 0 bridgehead atoms. The van der Waals surface area contributed by atoms with Crippen LogP contribution in [0.1, 0.15) is 5.56 Å². The van der Waals surface area contributed by atoms with Crippen LogP contribution in [0.15, 0.2) is 41.0 Å². The van der Waals surface area contributed by atoms with Crippen LogP contribution in [0.4, 0.5) is 5.69 Å². The van der Waals surface area contributed by atoms with Crippen LogP contribution in [-0.4, -0.2) is 14.6 Å². The Balaban J connectivity index is 2.32. The van der Waals surface area contributed by atoms with Crippen LogP contribution in [0, 0.1) is 6.92 Å². The van der Waals surface area contributed by atoms with Crippen molar-refractivity contribution >= 4 is 27.3 Å². The first kappa shape index (κ1) is 11.2. The van der Waals surface area contributed by atoms with Crippen molar-refractivity contribution in [3.8, 4) is 11.4 Å². The molecule has 5 heteroatoms. The van der Waals surface area contributed by atoms with E-state index in [1.165, 1.54) is 0 Å². The largest absolute Gasteiger partial charge is 0.398 e. The molecule has 2 N–H and O–H groups in total. The summed E-state index contributed by atoms with van der Waals surface area (Å²) in [6.07, 6.45) is 1.95. The molecule has 3 aromatic rings. The van der Waals surface area contributed by atoms with Crippen molar-refractivity contribution in [3.05, 3.63) is 46.6 Å². The minimum absolute atomic E-state index is 0.763. The van der Waals surface area contributed by atoms with E-state index in [0.29, 0.717) is 0 Å². The van der Waals surface area contributed by atoms with Crippen LogP contribution in [0.2, 0.25) is 0 Å². The molecule has 18 heavy (non-hydrogen) atoms. The Morgan fingerprint density at radius 1 is 1.17 bits per heavy atom. The van der Waals surface area contributed by atoms with E-state index in [-0.39, 0.29) is 0 Å². The fourth-order valence-corrected chi connectivity index (χ4v) is 2.28. The summed E-state index contributed by atoms with van der Waals surface area (Å²) in [6.45, 7) is 1.99. The molecule has 0 saturated heterocycles. The molecule has 2 aromatic heterocycles. The molecular weight excluding hydrogens is 292 g/mol. The van der Waals surface area contributed by atoms with Gasteiger partial charge in [-0.2, -0.15) is 0 Å². The van der Waals surface area contributed by atoms with Gasteiger partial charge in [0.15, 0.2) is 11.5 Å². The fourth-order valence-electron chi connectivity index (χ4n) is 1.94. The molecule has 4 nitrogen and oxygen atoms in total. The van der Waals surface area contributed by atoms with Crippen LogP contribution >= 0.6 is 15.9 Å². The zero-order chi connectivity index (χ0) is 12.7. The fraction of sp³-hybridized carbons (Fsp3) is 0.0769. The molecule has 90 valence electrons. The summed E-state index contributed by atoms with van der Waals surface area (Å²) in [5.74, 6) is 0.802. The standard InChI is InChI=1S/C13H11BrN4/c1-8-10(3-2-4-11(8)15)13-17-16-12-6-5-9(14)7-18(12)13/h2-7H,15H2,1H3. The van der Waals surface area contributed by atoms with E-state index < -0.39 is 0 Å². The summed E-state index contributed by atoms with van der Waals surface area (Å²) in [7, 11) is 0. The Morgan fingerprint density at radius 3 is 2.83 bits per heavy atom. The number of anilines is 1. The Labute approximate surface area is 113 Å². The molecule has 0 aliphatic rings. The second kappa shape index (κ2) is 4.10. The molecule has 2 heterocycles. The predicted octanol–water partition coefficient (Wildman–Crippen LogP) is 3.05. The predicted molar refractivity (Wildman–Crippen MR) is 75.3 cm³/mol. The van der Waals surface area contributed by atoms with Gasteiger partial charge in [0.25, 0.3) is 0 Å². The number of halogens is 1.